The summed E-state index contributed by atoms with van der Waals surface area (Å²) in [6.45, 7) is 17.7. The summed E-state index contributed by atoms with van der Waals surface area (Å²) in [6, 6.07) is 0. The fourth-order valence-electron chi connectivity index (χ4n) is 5.46. The van der Waals surface area contributed by atoms with Crippen LogP contribution in [0.15, 0.2) is 69.9 Å². The van der Waals surface area contributed by atoms with Crippen molar-refractivity contribution in [3.63, 3.8) is 0 Å². The van der Waals surface area contributed by atoms with Crippen LogP contribution >= 0.6 is 0 Å². The van der Waals surface area contributed by atoms with Crippen LogP contribution in [0.3, 0.4) is 0 Å². The van der Waals surface area contributed by atoms with Crippen LogP contribution in [0, 0.1) is 6.92 Å². The molecule has 4 nitrogen and oxygen atoms in total. The Morgan fingerprint density at radius 1 is 0.422 bits per heavy atom. The SMILES string of the molecule is COc1c(C)c(C/C=C(\C)CC/C=C(\C)CC/C=C(\C)CC/C=C(\C)CC/C=C(\C)CCC=C(C)C)c(OC)c(OC)c1OC. The molecular weight excluding hydrogens is 556 g/mol. The number of rotatable bonds is 21. The highest BCUT2D eigenvalue weighted by molar-refractivity contribution is 5.67. The average molecular weight is 621 g/mol. The zero-order valence-corrected chi connectivity index (χ0v) is 30.9. The quantitative estimate of drug-likeness (QED) is 0.128. The maximum Gasteiger partial charge on any atom is 0.207 e. The van der Waals surface area contributed by atoms with E-state index in [1.54, 1.807) is 28.4 Å². The van der Waals surface area contributed by atoms with E-state index in [4.69, 9.17) is 18.9 Å². The van der Waals surface area contributed by atoms with Crippen LogP contribution in [-0.4, -0.2) is 28.4 Å². The van der Waals surface area contributed by atoms with E-state index in [1.807, 2.05) is 6.92 Å². The van der Waals surface area contributed by atoms with E-state index in [2.05, 4.69) is 84.9 Å². The van der Waals surface area contributed by atoms with Crippen molar-refractivity contribution < 1.29 is 18.9 Å². The van der Waals surface area contributed by atoms with E-state index in [0.29, 0.717) is 23.0 Å². The van der Waals surface area contributed by atoms with Crippen LogP contribution in [0.2, 0.25) is 0 Å². The van der Waals surface area contributed by atoms with Crippen LogP contribution in [0.4, 0.5) is 0 Å². The van der Waals surface area contributed by atoms with Crippen molar-refractivity contribution >= 4 is 0 Å². The van der Waals surface area contributed by atoms with E-state index in [0.717, 1.165) is 68.9 Å². The van der Waals surface area contributed by atoms with Crippen molar-refractivity contribution in [2.75, 3.05) is 28.4 Å². The largest absolute Gasteiger partial charge is 0.492 e. The minimum Gasteiger partial charge on any atom is -0.492 e. The van der Waals surface area contributed by atoms with Crippen LogP contribution < -0.4 is 18.9 Å². The van der Waals surface area contributed by atoms with E-state index in [-0.39, 0.29) is 0 Å². The van der Waals surface area contributed by atoms with E-state index in [9.17, 15) is 0 Å². The minimum atomic E-state index is 0.562. The average Bonchev–Trinajstić information content (AvgIpc) is 2.99. The number of benzene rings is 1. The zero-order chi connectivity index (χ0) is 33.8. The van der Waals surface area contributed by atoms with Crippen molar-refractivity contribution in [3.8, 4) is 23.0 Å². The minimum absolute atomic E-state index is 0.562. The van der Waals surface area contributed by atoms with E-state index in [1.165, 1.54) is 46.3 Å². The third-order valence-corrected chi connectivity index (χ3v) is 8.37. The van der Waals surface area contributed by atoms with Crippen LogP contribution in [0.25, 0.3) is 0 Å². The van der Waals surface area contributed by atoms with Gasteiger partial charge < -0.3 is 18.9 Å². The summed E-state index contributed by atoms with van der Waals surface area (Å²) in [5.74, 6) is 2.52. The molecule has 4 heteroatoms. The molecule has 0 atom stereocenters. The van der Waals surface area contributed by atoms with Gasteiger partial charge in [0.25, 0.3) is 0 Å². The standard InChI is InChI=1S/C41H64O4/c1-30(2)18-13-19-31(3)20-14-21-32(4)22-15-23-33(5)24-16-25-34(6)26-17-27-35(7)28-29-37-36(8)38(42-9)40(44-11)41(45-12)39(37)43-10/h18,20,22,24,26,28H,13-17,19,21,23,25,27,29H2,1-12H3/b31-20+,32-22+,33-24+,34-26+,35-28+. The second-order valence-corrected chi connectivity index (χ2v) is 12.7. The van der Waals surface area contributed by atoms with Crippen molar-refractivity contribution in [2.45, 2.75) is 126 Å². The predicted molar refractivity (Wildman–Crippen MR) is 195 cm³/mol. The molecule has 0 saturated heterocycles. The summed E-state index contributed by atoms with van der Waals surface area (Å²) in [6.07, 6.45) is 26.3. The van der Waals surface area contributed by atoms with Gasteiger partial charge >= 0.3 is 0 Å². The number of allylic oxidation sites excluding steroid dienone is 12. The second kappa shape index (κ2) is 22.4. The zero-order valence-electron chi connectivity index (χ0n) is 30.9. The topological polar surface area (TPSA) is 36.9 Å². The molecule has 0 aliphatic heterocycles. The molecule has 0 amide bonds. The van der Waals surface area contributed by atoms with Gasteiger partial charge in [-0.1, -0.05) is 69.9 Å². The van der Waals surface area contributed by atoms with Gasteiger partial charge in [-0.2, -0.15) is 0 Å². The summed E-state index contributed by atoms with van der Waals surface area (Å²) in [4.78, 5) is 0. The van der Waals surface area contributed by atoms with Crippen LogP contribution in [0.5, 0.6) is 23.0 Å². The Balaban J connectivity index is 2.53. The summed E-state index contributed by atoms with van der Waals surface area (Å²) in [5.41, 5.74) is 10.8. The second-order valence-electron chi connectivity index (χ2n) is 12.7. The molecule has 0 aliphatic carbocycles. The Kier molecular flexibility index (Phi) is 19.8. The Hall–Kier alpha value is -3.14. The molecule has 0 heterocycles. The van der Waals surface area contributed by atoms with Crippen LogP contribution in [0.1, 0.15) is 124 Å². The van der Waals surface area contributed by atoms with E-state index >= 15 is 0 Å². The lowest BCUT2D eigenvalue weighted by molar-refractivity contribution is 0.302. The Morgan fingerprint density at radius 3 is 1.07 bits per heavy atom. The number of hydrogen-bond acceptors (Lipinski definition) is 4. The molecule has 0 radical (unpaired) electrons. The first-order chi connectivity index (χ1) is 21.5. The summed E-state index contributed by atoms with van der Waals surface area (Å²) in [5, 5.41) is 0. The lowest BCUT2D eigenvalue weighted by atomic mass is 9.99. The number of ether oxygens (including phenoxy) is 4. The molecule has 0 aliphatic rings. The Labute approximate surface area is 277 Å². The summed E-state index contributed by atoms with van der Waals surface area (Å²) >= 11 is 0. The lowest BCUT2D eigenvalue weighted by Gasteiger charge is -2.21. The lowest BCUT2D eigenvalue weighted by Crippen LogP contribution is -2.04. The summed E-state index contributed by atoms with van der Waals surface area (Å²) in [7, 11) is 6.57. The number of hydrogen-bond donors (Lipinski definition) is 0. The van der Waals surface area contributed by atoms with Gasteiger partial charge in [0.05, 0.1) is 28.4 Å². The molecule has 0 bridgehead atoms. The monoisotopic (exact) mass is 620 g/mol. The molecule has 0 aromatic heterocycles. The van der Waals surface area contributed by atoms with Crippen LogP contribution in [-0.2, 0) is 6.42 Å². The molecule has 0 unspecified atom stereocenters. The van der Waals surface area contributed by atoms with Gasteiger partial charge in [-0.3, -0.25) is 0 Å². The third-order valence-electron chi connectivity index (χ3n) is 8.37. The molecule has 0 saturated carbocycles. The highest BCUT2D eigenvalue weighted by Crippen LogP contribution is 2.49. The molecule has 1 aromatic carbocycles. The Morgan fingerprint density at radius 2 is 0.733 bits per heavy atom. The van der Waals surface area contributed by atoms with Crippen molar-refractivity contribution in [3.05, 3.63) is 81.0 Å². The highest BCUT2D eigenvalue weighted by atomic mass is 16.5. The van der Waals surface area contributed by atoms with Crippen molar-refractivity contribution in [1.82, 2.24) is 0 Å². The molecule has 0 N–H and O–H groups in total. The molecule has 45 heavy (non-hydrogen) atoms. The molecular formula is C41H64O4. The third kappa shape index (κ3) is 15.1. The van der Waals surface area contributed by atoms with Gasteiger partial charge in [-0.25, -0.2) is 0 Å². The fourth-order valence-corrected chi connectivity index (χ4v) is 5.46. The maximum atomic E-state index is 5.75. The van der Waals surface area contributed by atoms with Gasteiger partial charge in [-0.15, -0.1) is 0 Å². The first-order valence-corrected chi connectivity index (χ1v) is 16.8. The number of methoxy groups -OCH3 is 4. The maximum absolute atomic E-state index is 5.75. The van der Waals surface area contributed by atoms with Gasteiger partial charge in [0, 0.05) is 11.1 Å². The van der Waals surface area contributed by atoms with Crippen molar-refractivity contribution in [2.24, 2.45) is 0 Å². The molecule has 252 valence electrons. The van der Waals surface area contributed by atoms with E-state index < -0.39 is 0 Å². The predicted octanol–water partition coefficient (Wildman–Crippen LogP) is 12.2. The van der Waals surface area contributed by atoms with Gasteiger partial charge in [0.1, 0.15) is 0 Å². The first-order valence-electron chi connectivity index (χ1n) is 16.8. The normalized spacial score (nSPS) is 13.2. The van der Waals surface area contributed by atoms with Gasteiger partial charge in [-0.05, 0) is 126 Å². The smallest absolute Gasteiger partial charge is 0.207 e. The summed E-state index contributed by atoms with van der Waals surface area (Å²) < 4.78 is 22.6. The van der Waals surface area contributed by atoms with Gasteiger partial charge in [0.15, 0.2) is 11.5 Å². The van der Waals surface area contributed by atoms with Crippen molar-refractivity contribution in [1.29, 1.82) is 0 Å². The molecule has 1 aromatic rings. The highest BCUT2D eigenvalue weighted by Gasteiger charge is 2.24. The fraction of sp³-hybridized carbons (Fsp3) is 0.561. The first kappa shape index (κ1) is 39.9. The molecule has 0 spiro atoms. The van der Waals surface area contributed by atoms with Gasteiger partial charge in [0.2, 0.25) is 11.5 Å². The Bertz CT molecular complexity index is 1230. The molecule has 1 rings (SSSR count). The molecule has 0 fully saturated rings.